The molecular weight excluding hydrogens is 478 g/mol. The minimum atomic E-state index is -0.426. The molecule has 0 atom stereocenters. The van der Waals surface area contributed by atoms with E-state index in [9.17, 15) is 4.79 Å². The molecule has 2 fully saturated rings. The van der Waals surface area contributed by atoms with Crippen LogP contribution in [0.15, 0.2) is 42.5 Å². The summed E-state index contributed by atoms with van der Waals surface area (Å²) in [7, 11) is 0. The van der Waals surface area contributed by atoms with Crippen molar-refractivity contribution >= 4 is 28.4 Å². The van der Waals surface area contributed by atoms with E-state index in [1.165, 1.54) is 6.42 Å². The summed E-state index contributed by atoms with van der Waals surface area (Å²) in [6.07, 6.45) is 4.96. The summed E-state index contributed by atoms with van der Waals surface area (Å²) in [5, 5.41) is 3.93. The van der Waals surface area contributed by atoms with Gasteiger partial charge in [0.05, 0.1) is 30.1 Å². The molecule has 2 aromatic carbocycles. The van der Waals surface area contributed by atoms with Gasteiger partial charge < -0.3 is 24.5 Å². The molecule has 1 amide bonds. The number of nitrogens with one attached hydrogen (secondary N) is 1. The van der Waals surface area contributed by atoms with Crippen LogP contribution in [0, 0.1) is 11.8 Å². The van der Waals surface area contributed by atoms with E-state index in [1.54, 1.807) is 0 Å². The number of hydrogen-bond acceptors (Lipinski definition) is 5. The second-order valence-corrected chi connectivity index (χ2v) is 11.4. The summed E-state index contributed by atoms with van der Waals surface area (Å²) < 4.78 is 19.9. The molecule has 38 heavy (non-hydrogen) atoms. The highest BCUT2D eigenvalue weighted by molar-refractivity contribution is 6.01. The Bertz CT molecular complexity index is 1250. The molecular formula is C31H41N3O4. The lowest BCUT2D eigenvalue weighted by Crippen LogP contribution is -2.30. The number of aromatic nitrogens is 1. The first-order valence-electron chi connectivity index (χ1n) is 14.1. The van der Waals surface area contributed by atoms with Crippen molar-refractivity contribution in [3.8, 4) is 17.0 Å². The second kappa shape index (κ2) is 11.3. The summed E-state index contributed by atoms with van der Waals surface area (Å²) >= 11 is 0. The smallest absolute Gasteiger partial charge is 0.411 e. The highest BCUT2D eigenvalue weighted by atomic mass is 16.6. The molecule has 0 radical (unpaired) electrons. The van der Waals surface area contributed by atoms with Crippen LogP contribution in [0.25, 0.3) is 22.2 Å². The van der Waals surface area contributed by atoms with Gasteiger partial charge in [-0.2, -0.15) is 0 Å². The molecule has 1 aromatic heterocycles. The average Bonchev–Trinajstić information content (AvgIpc) is 3.13. The van der Waals surface area contributed by atoms with Gasteiger partial charge in [0, 0.05) is 41.6 Å². The number of nitrogens with two attached hydrogens (primary N) is 1. The summed E-state index contributed by atoms with van der Waals surface area (Å²) in [5.41, 5.74) is 11.4. The SMILES string of the molecule is CC(C)C(OC(=O)Nc1ccc(-c2c(N)c3ccc(OC4CCOCC4)cc3n2C2CCC2)cc1)C(C)C. The van der Waals surface area contributed by atoms with Crippen LogP contribution < -0.4 is 15.8 Å². The fourth-order valence-electron chi connectivity index (χ4n) is 5.72. The Morgan fingerprint density at radius 1 is 1.00 bits per heavy atom. The number of rotatable bonds is 8. The van der Waals surface area contributed by atoms with Crippen LogP contribution in [-0.2, 0) is 9.47 Å². The molecule has 1 aliphatic carbocycles. The predicted octanol–water partition coefficient (Wildman–Crippen LogP) is 7.40. The van der Waals surface area contributed by atoms with Crippen LogP contribution >= 0.6 is 0 Å². The third-order valence-corrected chi connectivity index (χ3v) is 7.89. The van der Waals surface area contributed by atoms with Gasteiger partial charge in [0.25, 0.3) is 0 Å². The Morgan fingerprint density at radius 3 is 2.29 bits per heavy atom. The van der Waals surface area contributed by atoms with Gasteiger partial charge in [-0.1, -0.05) is 39.8 Å². The Kier molecular flexibility index (Phi) is 7.84. The number of hydrogen-bond donors (Lipinski definition) is 2. The van der Waals surface area contributed by atoms with E-state index in [0.29, 0.717) is 11.7 Å². The highest BCUT2D eigenvalue weighted by Crippen LogP contribution is 2.45. The molecule has 7 nitrogen and oxygen atoms in total. The maximum absolute atomic E-state index is 12.5. The van der Waals surface area contributed by atoms with E-state index in [0.717, 1.165) is 72.5 Å². The van der Waals surface area contributed by atoms with Gasteiger partial charge in [0.15, 0.2) is 0 Å². The van der Waals surface area contributed by atoms with Gasteiger partial charge in [-0.25, -0.2) is 4.79 Å². The lowest BCUT2D eigenvalue weighted by atomic mass is 9.92. The molecule has 3 N–H and O–H groups in total. The predicted molar refractivity (Wildman–Crippen MR) is 153 cm³/mol. The number of ether oxygens (including phenoxy) is 3. The molecule has 1 saturated carbocycles. The van der Waals surface area contributed by atoms with Crippen LogP contribution in [-0.4, -0.2) is 36.1 Å². The van der Waals surface area contributed by atoms with E-state index in [2.05, 4.69) is 49.7 Å². The van der Waals surface area contributed by atoms with E-state index in [-0.39, 0.29) is 24.0 Å². The van der Waals surface area contributed by atoms with Crippen molar-refractivity contribution in [1.29, 1.82) is 0 Å². The third-order valence-electron chi connectivity index (χ3n) is 7.89. The van der Waals surface area contributed by atoms with Gasteiger partial charge >= 0.3 is 6.09 Å². The lowest BCUT2D eigenvalue weighted by Gasteiger charge is -2.30. The largest absolute Gasteiger partial charge is 0.490 e. The van der Waals surface area contributed by atoms with Gasteiger partial charge in [0.1, 0.15) is 18.0 Å². The fraction of sp³-hybridized carbons (Fsp3) is 0.516. The highest BCUT2D eigenvalue weighted by Gasteiger charge is 2.28. The monoisotopic (exact) mass is 519 g/mol. The van der Waals surface area contributed by atoms with Crippen molar-refractivity contribution < 1.29 is 19.0 Å². The zero-order valence-electron chi connectivity index (χ0n) is 23.0. The van der Waals surface area contributed by atoms with Crippen molar-refractivity contribution in [1.82, 2.24) is 4.57 Å². The van der Waals surface area contributed by atoms with Gasteiger partial charge in [-0.3, -0.25) is 5.32 Å². The molecule has 5 rings (SSSR count). The minimum Gasteiger partial charge on any atom is -0.490 e. The molecule has 0 unspecified atom stereocenters. The summed E-state index contributed by atoms with van der Waals surface area (Å²) in [6.45, 7) is 9.77. The summed E-state index contributed by atoms with van der Waals surface area (Å²) in [6, 6.07) is 14.6. The van der Waals surface area contributed by atoms with Crippen LogP contribution in [0.4, 0.5) is 16.2 Å². The first kappa shape index (κ1) is 26.4. The molecule has 2 heterocycles. The standard InChI is InChI=1S/C31H41N3O4/c1-19(2)30(20(3)4)38-31(35)33-22-10-8-21(9-11-22)29-28(32)26-13-12-25(37-24-14-16-36-17-15-24)18-27(26)34(29)23-6-5-7-23/h8-13,18-20,23-24,30H,5-7,14-17,32H2,1-4H3,(H,33,35). The van der Waals surface area contributed by atoms with Gasteiger partial charge in [-0.05, 0) is 55.4 Å². The first-order valence-corrected chi connectivity index (χ1v) is 14.1. The van der Waals surface area contributed by atoms with Gasteiger partial charge in [0.2, 0.25) is 0 Å². The maximum atomic E-state index is 12.5. The number of carbonyl (C=O) groups is 1. The number of nitrogens with zero attached hydrogens (tertiary/aromatic N) is 1. The van der Waals surface area contributed by atoms with E-state index in [4.69, 9.17) is 19.9 Å². The lowest BCUT2D eigenvalue weighted by molar-refractivity contribution is 0.0256. The number of fused-ring (bicyclic) bond motifs is 1. The molecule has 0 spiro atoms. The molecule has 2 aliphatic rings. The van der Waals surface area contributed by atoms with Crippen molar-refractivity contribution in [3.63, 3.8) is 0 Å². The number of nitrogen functional groups attached to an aromatic ring is 1. The Balaban J connectivity index is 1.40. The molecule has 7 heteroatoms. The number of carbonyl (C=O) groups excluding carboxylic acids is 1. The van der Waals surface area contributed by atoms with E-state index >= 15 is 0 Å². The van der Waals surface area contributed by atoms with Crippen molar-refractivity contribution in [2.24, 2.45) is 11.8 Å². The molecule has 3 aromatic rings. The maximum Gasteiger partial charge on any atom is 0.411 e. The first-order chi connectivity index (χ1) is 18.3. The summed E-state index contributed by atoms with van der Waals surface area (Å²) in [4.78, 5) is 12.5. The van der Waals surface area contributed by atoms with Crippen molar-refractivity contribution in [2.45, 2.75) is 78.0 Å². The third kappa shape index (κ3) is 5.48. The summed E-state index contributed by atoms with van der Waals surface area (Å²) in [5.74, 6) is 1.39. The number of anilines is 2. The van der Waals surface area contributed by atoms with Gasteiger partial charge in [-0.15, -0.1) is 0 Å². The molecule has 0 bridgehead atoms. The minimum absolute atomic E-state index is 0.132. The number of amides is 1. The van der Waals surface area contributed by atoms with Crippen molar-refractivity contribution in [2.75, 3.05) is 24.3 Å². The number of benzene rings is 2. The van der Waals surface area contributed by atoms with E-state index in [1.807, 2.05) is 30.3 Å². The molecule has 204 valence electrons. The average molecular weight is 520 g/mol. The Labute approximate surface area is 225 Å². The Morgan fingerprint density at radius 2 is 1.68 bits per heavy atom. The van der Waals surface area contributed by atoms with Crippen LogP contribution in [0.2, 0.25) is 0 Å². The topological polar surface area (TPSA) is 87.7 Å². The van der Waals surface area contributed by atoms with Crippen molar-refractivity contribution in [3.05, 3.63) is 42.5 Å². The van der Waals surface area contributed by atoms with Crippen LogP contribution in [0.3, 0.4) is 0 Å². The van der Waals surface area contributed by atoms with Crippen LogP contribution in [0.1, 0.15) is 65.8 Å². The second-order valence-electron chi connectivity index (χ2n) is 11.4. The zero-order valence-corrected chi connectivity index (χ0v) is 23.0. The fourth-order valence-corrected chi connectivity index (χ4v) is 5.72. The molecule has 1 saturated heterocycles. The van der Waals surface area contributed by atoms with Crippen LogP contribution in [0.5, 0.6) is 5.75 Å². The Hall–Kier alpha value is -3.19. The normalized spacial score (nSPS) is 16.8. The van der Waals surface area contributed by atoms with E-state index < -0.39 is 6.09 Å². The zero-order chi connectivity index (χ0) is 26.8. The molecule has 1 aliphatic heterocycles. The quantitative estimate of drug-likeness (QED) is 0.324.